The number of nitrogens with one attached hydrogen (secondary N) is 3. The lowest BCUT2D eigenvalue weighted by atomic mass is 9.96. The number of alkyl halides is 3. The largest absolute Gasteiger partial charge is 0.434 e. The van der Waals surface area contributed by atoms with Crippen LogP contribution in [0.4, 0.5) is 13.2 Å². The van der Waals surface area contributed by atoms with Crippen LogP contribution in [0, 0.1) is 5.41 Å². The molecule has 1 aromatic rings. The second kappa shape index (κ2) is 10.1. The fourth-order valence-corrected chi connectivity index (χ4v) is 2.26. The summed E-state index contributed by atoms with van der Waals surface area (Å²) in [6, 6.07) is 0. The third-order valence-corrected chi connectivity index (χ3v) is 3.71. The summed E-state index contributed by atoms with van der Waals surface area (Å²) in [5.41, 5.74) is -1.35. The second-order valence-electron chi connectivity index (χ2n) is 5.98. The van der Waals surface area contributed by atoms with Crippen molar-refractivity contribution in [2.75, 3.05) is 20.1 Å². The number of hydrogen-bond acceptors (Lipinski definition) is 4. The third kappa shape index (κ3) is 8.70. The molecule has 1 rings (SSSR count). The highest BCUT2D eigenvalue weighted by Crippen LogP contribution is 2.29. The Morgan fingerprint density at radius 1 is 1.20 bits per heavy atom. The molecule has 0 aromatic carbocycles. The van der Waals surface area contributed by atoms with Crippen LogP contribution in [0.2, 0.25) is 0 Å². The molecule has 144 valence electrons. The summed E-state index contributed by atoms with van der Waals surface area (Å²) >= 11 is 0.930. The van der Waals surface area contributed by atoms with Crippen LogP contribution < -0.4 is 16.0 Å². The number of carbonyl (C=O) groups is 1. The van der Waals surface area contributed by atoms with Crippen LogP contribution in [0.25, 0.3) is 0 Å². The molecule has 0 atom stereocenters. The maximum Gasteiger partial charge on any atom is 0.434 e. The monoisotopic (exact) mass is 493 g/mol. The van der Waals surface area contributed by atoms with Gasteiger partial charge in [-0.15, -0.1) is 35.3 Å². The molecule has 0 aliphatic rings. The van der Waals surface area contributed by atoms with Crippen LogP contribution in [-0.2, 0) is 17.5 Å². The van der Waals surface area contributed by atoms with E-state index in [4.69, 9.17) is 0 Å². The predicted molar refractivity (Wildman–Crippen MR) is 103 cm³/mol. The predicted octanol–water partition coefficient (Wildman–Crippen LogP) is 2.61. The maximum atomic E-state index is 12.5. The maximum absolute atomic E-state index is 12.5. The number of amides is 1. The minimum atomic E-state index is -4.43. The fraction of sp³-hybridized carbons (Fsp3) is 0.643. The van der Waals surface area contributed by atoms with Gasteiger partial charge in [0.1, 0.15) is 5.01 Å². The smallest absolute Gasteiger partial charge is 0.355 e. The number of rotatable bonds is 5. The van der Waals surface area contributed by atoms with Gasteiger partial charge in [-0.05, 0) is 0 Å². The highest BCUT2D eigenvalue weighted by atomic mass is 127. The molecule has 11 heteroatoms. The van der Waals surface area contributed by atoms with E-state index in [9.17, 15) is 18.0 Å². The first-order valence-corrected chi connectivity index (χ1v) is 8.16. The lowest BCUT2D eigenvalue weighted by Crippen LogP contribution is -2.43. The Hall–Kier alpha value is -1.11. The molecular weight excluding hydrogens is 470 g/mol. The van der Waals surface area contributed by atoms with Crippen molar-refractivity contribution in [3.63, 3.8) is 0 Å². The van der Waals surface area contributed by atoms with E-state index in [0.29, 0.717) is 24.1 Å². The number of aliphatic imine (C=N–C) groups is 1. The van der Waals surface area contributed by atoms with Crippen LogP contribution in [0.15, 0.2) is 10.4 Å². The number of aromatic nitrogens is 1. The van der Waals surface area contributed by atoms with Gasteiger partial charge in [0.05, 0.1) is 6.54 Å². The van der Waals surface area contributed by atoms with Gasteiger partial charge in [-0.1, -0.05) is 20.8 Å². The number of hydrogen-bond donors (Lipinski definition) is 3. The van der Waals surface area contributed by atoms with E-state index in [0.717, 1.165) is 16.7 Å². The first-order valence-electron chi connectivity index (χ1n) is 7.28. The van der Waals surface area contributed by atoms with Crippen molar-refractivity contribution in [1.82, 2.24) is 20.9 Å². The van der Waals surface area contributed by atoms with Crippen molar-refractivity contribution in [2.45, 2.75) is 33.5 Å². The van der Waals surface area contributed by atoms with E-state index in [-0.39, 0.29) is 36.4 Å². The molecule has 0 bridgehead atoms. The molecule has 0 aliphatic carbocycles. The topological polar surface area (TPSA) is 78.4 Å². The highest BCUT2D eigenvalue weighted by Gasteiger charge is 2.33. The summed E-state index contributed by atoms with van der Waals surface area (Å²) in [6.45, 7) is 6.44. The van der Waals surface area contributed by atoms with E-state index in [2.05, 4.69) is 25.9 Å². The molecule has 0 spiro atoms. The lowest BCUT2D eigenvalue weighted by molar-refractivity contribution is -0.140. The normalized spacial score (nSPS) is 12.4. The number of thiazole rings is 1. The summed E-state index contributed by atoms with van der Waals surface area (Å²) < 4.78 is 37.4. The van der Waals surface area contributed by atoms with Crippen LogP contribution in [0.5, 0.6) is 0 Å². The van der Waals surface area contributed by atoms with Crippen molar-refractivity contribution in [3.05, 3.63) is 16.1 Å². The summed E-state index contributed by atoms with van der Waals surface area (Å²) in [5.74, 6) is 0.360. The Kier molecular flexibility index (Phi) is 9.69. The Morgan fingerprint density at radius 2 is 1.80 bits per heavy atom. The Bertz CT molecular complexity index is 584. The van der Waals surface area contributed by atoms with E-state index in [1.54, 1.807) is 7.05 Å². The molecule has 6 nitrogen and oxygen atoms in total. The van der Waals surface area contributed by atoms with E-state index in [1.165, 1.54) is 0 Å². The SMILES string of the molecule is CN=C(NCCNC(=O)C(C)(C)C)NCc1nc(C(F)(F)F)cs1.I. The van der Waals surface area contributed by atoms with Gasteiger partial charge in [0.15, 0.2) is 11.7 Å². The van der Waals surface area contributed by atoms with Gasteiger partial charge < -0.3 is 16.0 Å². The van der Waals surface area contributed by atoms with Gasteiger partial charge in [0, 0.05) is 30.9 Å². The van der Waals surface area contributed by atoms with Crippen molar-refractivity contribution < 1.29 is 18.0 Å². The molecule has 1 aromatic heterocycles. The molecular formula is C14H23F3IN5OS. The van der Waals surface area contributed by atoms with Gasteiger partial charge in [0.25, 0.3) is 0 Å². The minimum Gasteiger partial charge on any atom is -0.355 e. The molecule has 0 unspecified atom stereocenters. The first kappa shape index (κ1) is 23.9. The zero-order valence-electron chi connectivity index (χ0n) is 14.5. The molecule has 0 saturated carbocycles. The van der Waals surface area contributed by atoms with Crippen LogP contribution in [-0.4, -0.2) is 37.0 Å². The standard InChI is InChI=1S/C14H22F3N5OS.HI/c1-13(2,3)11(23)19-5-6-20-12(18-4)21-7-10-22-9(8-24-10)14(15,16)17;/h8H,5-7H2,1-4H3,(H,19,23)(H2,18,20,21);1H. The molecule has 3 N–H and O–H groups in total. The van der Waals surface area contributed by atoms with Crippen LogP contribution in [0.3, 0.4) is 0 Å². The third-order valence-electron chi connectivity index (χ3n) is 2.86. The average molecular weight is 493 g/mol. The van der Waals surface area contributed by atoms with Gasteiger partial charge in [0.2, 0.25) is 5.91 Å². The molecule has 0 fully saturated rings. The number of nitrogens with zero attached hydrogens (tertiary/aromatic N) is 2. The van der Waals surface area contributed by atoms with Crippen molar-refractivity contribution in [3.8, 4) is 0 Å². The zero-order chi connectivity index (χ0) is 18.4. The van der Waals surface area contributed by atoms with E-state index < -0.39 is 17.3 Å². The van der Waals surface area contributed by atoms with E-state index in [1.807, 2.05) is 20.8 Å². The molecule has 0 aliphatic heterocycles. The number of carbonyl (C=O) groups excluding carboxylic acids is 1. The molecule has 25 heavy (non-hydrogen) atoms. The molecule has 1 heterocycles. The Labute approximate surface area is 166 Å². The number of guanidine groups is 1. The minimum absolute atomic E-state index is 0. The average Bonchev–Trinajstić information content (AvgIpc) is 2.94. The fourth-order valence-electron chi connectivity index (χ4n) is 1.52. The molecule has 0 radical (unpaired) electrons. The number of halogens is 4. The Morgan fingerprint density at radius 3 is 2.28 bits per heavy atom. The molecule has 1 amide bonds. The molecule has 0 saturated heterocycles. The summed E-state index contributed by atoms with van der Waals surface area (Å²) in [5, 5.41) is 9.91. The summed E-state index contributed by atoms with van der Waals surface area (Å²) in [6.07, 6.45) is -4.43. The van der Waals surface area contributed by atoms with Gasteiger partial charge >= 0.3 is 6.18 Å². The second-order valence-corrected chi connectivity index (χ2v) is 6.93. The highest BCUT2D eigenvalue weighted by molar-refractivity contribution is 14.0. The van der Waals surface area contributed by atoms with Crippen molar-refractivity contribution in [1.29, 1.82) is 0 Å². The Balaban J connectivity index is 0.00000576. The van der Waals surface area contributed by atoms with Crippen molar-refractivity contribution in [2.24, 2.45) is 10.4 Å². The van der Waals surface area contributed by atoms with Crippen molar-refractivity contribution >= 4 is 47.2 Å². The summed E-state index contributed by atoms with van der Waals surface area (Å²) in [7, 11) is 1.55. The first-order chi connectivity index (χ1) is 11.0. The zero-order valence-corrected chi connectivity index (χ0v) is 17.6. The lowest BCUT2D eigenvalue weighted by Gasteiger charge is -2.18. The summed E-state index contributed by atoms with van der Waals surface area (Å²) in [4.78, 5) is 19.2. The van der Waals surface area contributed by atoms with Crippen LogP contribution in [0.1, 0.15) is 31.5 Å². The van der Waals surface area contributed by atoms with Gasteiger partial charge in [-0.2, -0.15) is 13.2 Å². The van der Waals surface area contributed by atoms with Gasteiger partial charge in [-0.25, -0.2) is 4.98 Å². The van der Waals surface area contributed by atoms with Gasteiger partial charge in [-0.3, -0.25) is 9.79 Å². The van der Waals surface area contributed by atoms with E-state index >= 15 is 0 Å². The quantitative estimate of drug-likeness (QED) is 0.255. The van der Waals surface area contributed by atoms with Crippen LogP contribution >= 0.6 is 35.3 Å².